The maximum atomic E-state index is 13.0. The lowest BCUT2D eigenvalue weighted by Gasteiger charge is -2.38. The number of nitriles is 1. The minimum Gasteiger partial charge on any atom is -0.494 e. The highest BCUT2D eigenvalue weighted by Gasteiger charge is 2.31. The summed E-state index contributed by atoms with van der Waals surface area (Å²) in [6, 6.07) is 4.38. The predicted octanol–water partition coefficient (Wildman–Crippen LogP) is 2.03. The molecule has 2 fully saturated rings. The minimum absolute atomic E-state index is 0.0521. The highest BCUT2D eigenvalue weighted by Crippen LogP contribution is 2.31. The van der Waals surface area contributed by atoms with Gasteiger partial charge in [0, 0.05) is 56.2 Å². The van der Waals surface area contributed by atoms with E-state index >= 15 is 0 Å². The molecule has 0 aromatic carbocycles. The third-order valence-corrected chi connectivity index (χ3v) is 6.80. The topological polar surface area (TPSA) is 108 Å². The van der Waals surface area contributed by atoms with Gasteiger partial charge in [-0.1, -0.05) is 0 Å². The van der Waals surface area contributed by atoms with Crippen LogP contribution in [0, 0.1) is 17.9 Å². The van der Waals surface area contributed by atoms with Gasteiger partial charge in [0.1, 0.15) is 22.9 Å². The number of nitrogens with zero attached hydrogens (tertiary/aromatic N) is 8. The van der Waals surface area contributed by atoms with E-state index in [1.807, 2.05) is 39.1 Å². The smallest absolute Gasteiger partial charge is 0.320 e. The molecule has 0 unspecified atom stereocenters. The SMILES string of the molecule is [C-]#[N+]C[C@H]1CN(C(=O)N2CCC(n3cc(-c4cc(OC)c5c(C#N)cnn5c4)cn3)CC2)CCN1. The Balaban J connectivity index is 1.25. The number of piperazine rings is 1. The summed E-state index contributed by atoms with van der Waals surface area (Å²) in [6.45, 7) is 10.8. The standard InChI is InChI=1S/C24H27N9O2/c1-26-13-20-16-31(8-5-27-20)24(34)30-6-3-21(4-7-30)32-15-19(12-28-32)17-9-22(35-2)23-18(10-25)11-29-33(23)14-17/h9,11-12,14-15,20-21,27H,3-8,13,16H2,2H3/t20-/m0/s1. The second kappa shape index (κ2) is 9.65. The van der Waals surface area contributed by atoms with Crippen LogP contribution in [-0.4, -0.2) is 87.6 Å². The second-order valence-electron chi connectivity index (χ2n) is 8.91. The Morgan fingerprint density at radius 1 is 1.23 bits per heavy atom. The summed E-state index contributed by atoms with van der Waals surface area (Å²) in [5.41, 5.74) is 2.94. The van der Waals surface area contributed by atoms with E-state index in [0.29, 0.717) is 49.6 Å². The average Bonchev–Trinajstić information content (AvgIpc) is 3.56. The predicted molar refractivity (Wildman–Crippen MR) is 128 cm³/mol. The van der Waals surface area contributed by atoms with E-state index in [2.05, 4.69) is 26.4 Å². The van der Waals surface area contributed by atoms with E-state index in [4.69, 9.17) is 11.3 Å². The number of hydrogen-bond donors (Lipinski definition) is 1. The van der Waals surface area contributed by atoms with Crippen molar-refractivity contribution in [3.05, 3.63) is 47.8 Å². The number of rotatable bonds is 4. The molecule has 5 heterocycles. The third-order valence-electron chi connectivity index (χ3n) is 6.80. The Labute approximate surface area is 203 Å². The van der Waals surface area contributed by atoms with Crippen LogP contribution >= 0.6 is 0 Å². The van der Waals surface area contributed by atoms with Gasteiger partial charge in [0.25, 0.3) is 0 Å². The molecule has 2 aliphatic heterocycles. The summed E-state index contributed by atoms with van der Waals surface area (Å²) < 4.78 is 9.16. The van der Waals surface area contributed by atoms with Crippen LogP contribution in [0.15, 0.2) is 30.9 Å². The van der Waals surface area contributed by atoms with Gasteiger partial charge in [-0.25, -0.2) is 15.9 Å². The number of methoxy groups -OCH3 is 1. The lowest BCUT2D eigenvalue weighted by molar-refractivity contribution is 0.120. The first-order valence-electron chi connectivity index (χ1n) is 11.7. The Kier molecular flexibility index (Phi) is 6.25. The van der Waals surface area contributed by atoms with Crippen LogP contribution in [0.1, 0.15) is 24.4 Å². The number of urea groups is 1. The molecule has 1 N–H and O–H groups in total. The molecule has 3 aromatic heterocycles. The van der Waals surface area contributed by atoms with Crippen molar-refractivity contribution in [1.82, 2.24) is 34.5 Å². The van der Waals surface area contributed by atoms with Gasteiger partial charge in [-0.05, 0) is 18.9 Å². The van der Waals surface area contributed by atoms with Gasteiger partial charge < -0.3 is 24.7 Å². The third kappa shape index (κ3) is 4.38. The van der Waals surface area contributed by atoms with Crippen molar-refractivity contribution in [3.63, 3.8) is 0 Å². The van der Waals surface area contributed by atoms with E-state index in [9.17, 15) is 10.1 Å². The summed E-state index contributed by atoms with van der Waals surface area (Å²) >= 11 is 0. The lowest BCUT2D eigenvalue weighted by Crippen LogP contribution is -2.57. The highest BCUT2D eigenvalue weighted by atomic mass is 16.5. The zero-order chi connectivity index (χ0) is 24.4. The van der Waals surface area contributed by atoms with Crippen molar-refractivity contribution >= 4 is 11.5 Å². The van der Waals surface area contributed by atoms with Crippen LogP contribution in [0.25, 0.3) is 21.5 Å². The first-order valence-corrected chi connectivity index (χ1v) is 11.7. The molecule has 2 amide bonds. The normalized spacial score (nSPS) is 18.9. The molecule has 11 nitrogen and oxygen atoms in total. The zero-order valence-corrected chi connectivity index (χ0v) is 19.6. The summed E-state index contributed by atoms with van der Waals surface area (Å²) in [7, 11) is 1.58. The van der Waals surface area contributed by atoms with E-state index in [-0.39, 0.29) is 18.1 Å². The first-order chi connectivity index (χ1) is 17.1. The van der Waals surface area contributed by atoms with E-state index in [0.717, 1.165) is 30.5 Å². The van der Waals surface area contributed by atoms with Gasteiger partial charge in [0.2, 0.25) is 6.54 Å². The van der Waals surface area contributed by atoms with Gasteiger partial charge in [-0.15, -0.1) is 0 Å². The molecule has 35 heavy (non-hydrogen) atoms. The summed E-state index contributed by atoms with van der Waals surface area (Å²) in [5.74, 6) is 0.586. The van der Waals surface area contributed by atoms with Crippen LogP contribution in [0.2, 0.25) is 0 Å². The van der Waals surface area contributed by atoms with E-state index in [1.165, 1.54) is 6.20 Å². The minimum atomic E-state index is 0.0521. The Hall–Kier alpha value is -4.09. The monoisotopic (exact) mass is 473 g/mol. The number of piperidine rings is 1. The Morgan fingerprint density at radius 3 is 2.80 bits per heavy atom. The lowest BCUT2D eigenvalue weighted by atomic mass is 10.1. The quantitative estimate of drug-likeness (QED) is 0.581. The van der Waals surface area contributed by atoms with Crippen molar-refractivity contribution in [2.24, 2.45) is 0 Å². The van der Waals surface area contributed by atoms with Crippen molar-refractivity contribution in [3.8, 4) is 22.9 Å². The summed E-state index contributed by atoms with van der Waals surface area (Å²) in [6.07, 6.45) is 8.91. The van der Waals surface area contributed by atoms with Crippen molar-refractivity contribution in [2.45, 2.75) is 24.9 Å². The van der Waals surface area contributed by atoms with Gasteiger partial charge in [-0.2, -0.15) is 15.5 Å². The molecule has 5 rings (SSSR count). The molecule has 0 aliphatic carbocycles. The molecule has 0 radical (unpaired) electrons. The number of amides is 2. The Morgan fingerprint density at radius 2 is 2.06 bits per heavy atom. The van der Waals surface area contributed by atoms with Crippen LogP contribution < -0.4 is 10.1 Å². The molecule has 0 bridgehead atoms. The molecular weight excluding hydrogens is 446 g/mol. The number of aromatic nitrogens is 4. The maximum Gasteiger partial charge on any atom is 0.320 e. The fourth-order valence-electron chi connectivity index (χ4n) is 4.92. The fraction of sp³-hybridized carbons (Fsp3) is 0.458. The van der Waals surface area contributed by atoms with Crippen LogP contribution in [0.4, 0.5) is 4.79 Å². The summed E-state index contributed by atoms with van der Waals surface area (Å²) in [4.78, 5) is 20.3. The molecule has 2 saturated heterocycles. The van der Waals surface area contributed by atoms with Crippen molar-refractivity contribution < 1.29 is 9.53 Å². The zero-order valence-electron chi connectivity index (χ0n) is 19.6. The molecule has 180 valence electrons. The highest BCUT2D eigenvalue weighted by molar-refractivity contribution is 5.75. The number of carbonyl (C=O) groups excluding carboxylic acids is 1. The Bertz CT molecular complexity index is 1310. The number of likely N-dealkylation sites (tertiary alicyclic amines) is 1. The van der Waals surface area contributed by atoms with Crippen molar-refractivity contribution in [2.75, 3.05) is 46.4 Å². The van der Waals surface area contributed by atoms with Crippen LogP contribution in [0.3, 0.4) is 0 Å². The molecule has 1 atom stereocenters. The van der Waals surface area contributed by atoms with Gasteiger partial charge >= 0.3 is 6.03 Å². The second-order valence-corrected chi connectivity index (χ2v) is 8.91. The van der Waals surface area contributed by atoms with Gasteiger partial charge in [0.05, 0.1) is 31.6 Å². The summed E-state index contributed by atoms with van der Waals surface area (Å²) in [5, 5.41) is 21.5. The molecular formula is C24H27N9O2. The van der Waals surface area contributed by atoms with Gasteiger partial charge in [0.15, 0.2) is 0 Å². The van der Waals surface area contributed by atoms with Crippen LogP contribution in [-0.2, 0) is 0 Å². The molecule has 0 spiro atoms. The average molecular weight is 474 g/mol. The first kappa shape index (κ1) is 22.7. The van der Waals surface area contributed by atoms with E-state index in [1.54, 1.807) is 11.6 Å². The van der Waals surface area contributed by atoms with E-state index < -0.39 is 0 Å². The molecule has 3 aromatic rings. The number of nitrogens with one attached hydrogen (secondary N) is 1. The van der Waals surface area contributed by atoms with Gasteiger partial charge in [-0.3, -0.25) is 4.68 Å². The largest absolute Gasteiger partial charge is 0.494 e. The molecule has 2 aliphatic rings. The number of pyridine rings is 1. The van der Waals surface area contributed by atoms with Crippen LogP contribution in [0.5, 0.6) is 5.75 Å². The van der Waals surface area contributed by atoms with Crippen molar-refractivity contribution in [1.29, 1.82) is 5.26 Å². The number of ether oxygens (including phenoxy) is 1. The number of fused-ring (bicyclic) bond motifs is 1. The molecule has 0 saturated carbocycles. The maximum absolute atomic E-state index is 13.0. The number of hydrogen-bond acceptors (Lipinski definition) is 6. The fourth-order valence-corrected chi connectivity index (χ4v) is 4.92. The molecule has 11 heteroatoms. The number of carbonyl (C=O) groups is 1.